The largest absolute Gasteiger partial charge is 0.446 e. The standard InChI is InChI=1S/C18H21N3O3S2/c1-10(2)24-17(23)21-15(22)13-11(9-18(21)6-4-7-18)14(26-16(13)25-3)12-5-8-19-20-12/h5,8,10H,4,6-7,9H2,1-3H3,(H,19,20). The fourth-order valence-corrected chi connectivity index (χ4v) is 5.84. The van der Waals surface area contributed by atoms with Crippen LogP contribution in [0.1, 0.15) is 49.0 Å². The van der Waals surface area contributed by atoms with Gasteiger partial charge in [-0.3, -0.25) is 9.89 Å². The number of amides is 2. The van der Waals surface area contributed by atoms with Gasteiger partial charge in [-0.25, -0.2) is 9.69 Å². The van der Waals surface area contributed by atoms with E-state index < -0.39 is 11.6 Å². The van der Waals surface area contributed by atoms with Crippen molar-refractivity contribution in [3.05, 3.63) is 23.4 Å². The van der Waals surface area contributed by atoms with Gasteiger partial charge in [0.15, 0.2) is 0 Å². The number of fused-ring (bicyclic) bond motifs is 1. The summed E-state index contributed by atoms with van der Waals surface area (Å²) in [5.74, 6) is -0.219. The predicted octanol–water partition coefficient (Wildman–Crippen LogP) is 4.33. The number of nitrogens with one attached hydrogen (secondary N) is 1. The topological polar surface area (TPSA) is 75.3 Å². The van der Waals surface area contributed by atoms with Gasteiger partial charge in [0.05, 0.1) is 32.0 Å². The Kier molecular flexibility index (Phi) is 4.35. The fourth-order valence-electron chi connectivity index (χ4n) is 3.82. The quantitative estimate of drug-likeness (QED) is 0.789. The molecule has 2 aromatic rings. The van der Waals surface area contributed by atoms with Gasteiger partial charge >= 0.3 is 6.09 Å². The molecule has 1 spiro atoms. The van der Waals surface area contributed by atoms with Crippen LogP contribution in [0.5, 0.6) is 0 Å². The van der Waals surface area contributed by atoms with Crippen LogP contribution < -0.4 is 0 Å². The fraction of sp³-hybridized carbons (Fsp3) is 0.500. The number of thiophene rings is 1. The molecule has 8 heteroatoms. The number of H-pyrrole nitrogens is 1. The number of imide groups is 1. The number of aromatic amines is 1. The van der Waals surface area contributed by atoms with E-state index in [1.807, 2.05) is 12.3 Å². The molecule has 0 atom stereocenters. The molecule has 138 valence electrons. The van der Waals surface area contributed by atoms with E-state index in [1.165, 1.54) is 4.90 Å². The summed E-state index contributed by atoms with van der Waals surface area (Å²) in [4.78, 5) is 28.6. The molecule has 0 saturated heterocycles. The molecule has 0 aromatic carbocycles. The smallest absolute Gasteiger partial charge is 0.417 e. The van der Waals surface area contributed by atoms with Gasteiger partial charge in [0.25, 0.3) is 5.91 Å². The van der Waals surface area contributed by atoms with E-state index in [2.05, 4.69) is 10.2 Å². The van der Waals surface area contributed by atoms with E-state index in [1.54, 1.807) is 43.1 Å². The molecule has 1 N–H and O–H groups in total. The zero-order valence-corrected chi connectivity index (χ0v) is 16.6. The number of nitrogens with zero attached hydrogens (tertiary/aromatic N) is 2. The lowest BCUT2D eigenvalue weighted by Crippen LogP contribution is -2.62. The third-order valence-electron chi connectivity index (χ3n) is 5.11. The van der Waals surface area contributed by atoms with Crippen molar-refractivity contribution in [2.75, 3.05) is 6.26 Å². The summed E-state index contributed by atoms with van der Waals surface area (Å²) in [6, 6.07) is 1.92. The highest BCUT2D eigenvalue weighted by Crippen LogP contribution is 2.51. The van der Waals surface area contributed by atoms with Crippen LogP contribution in [0.25, 0.3) is 10.6 Å². The summed E-state index contributed by atoms with van der Waals surface area (Å²) in [7, 11) is 0. The van der Waals surface area contributed by atoms with Crippen LogP contribution in [0.4, 0.5) is 4.79 Å². The lowest BCUT2D eigenvalue weighted by Gasteiger charge is -2.51. The van der Waals surface area contributed by atoms with E-state index in [-0.39, 0.29) is 12.0 Å². The van der Waals surface area contributed by atoms with Crippen molar-refractivity contribution in [2.24, 2.45) is 0 Å². The number of ether oxygens (including phenoxy) is 1. The zero-order valence-electron chi connectivity index (χ0n) is 15.0. The van der Waals surface area contributed by atoms with Gasteiger partial charge in [-0.1, -0.05) is 0 Å². The average molecular weight is 392 g/mol. The Morgan fingerprint density at radius 2 is 2.23 bits per heavy atom. The van der Waals surface area contributed by atoms with E-state index in [0.29, 0.717) is 12.0 Å². The molecule has 2 aliphatic rings. The molecule has 4 rings (SSSR count). The van der Waals surface area contributed by atoms with Crippen LogP contribution >= 0.6 is 23.1 Å². The highest BCUT2D eigenvalue weighted by atomic mass is 32.2. The molecule has 6 nitrogen and oxygen atoms in total. The number of carbonyl (C=O) groups is 2. The first-order valence-electron chi connectivity index (χ1n) is 8.71. The Morgan fingerprint density at radius 3 is 2.77 bits per heavy atom. The van der Waals surface area contributed by atoms with Crippen molar-refractivity contribution in [1.29, 1.82) is 0 Å². The maximum atomic E-state index is 13.4. The second-order valence-corrected chi connectivity index (χ2v) is 9.17. The van der Waals surface area contributed by atoms with Crippen LogP contribution in [-0.4, -0.2) is 45.0 Å². The number of hydrogen-bond acceptors (Lipinski definition) is 6. The molecular weight excluding hydrogens is 370 g/mol. The number of hydrogen-bond donors (Lipinski definition) is 1. The van der Waals surface area contributed by atoms with Gasteiger partial charge < -0.3 is 4.74 Å². The minimum Gasteiger partial charge on any atom is -0.446 e. The second-order valence-electron chi connectivity index (χ2n) is 7.07. The summed E-state index contributed by atoms with van der Waals surface area (Å²) in [5, 5.41) is 7.07. The van der Waals surface area contributed by atoms with E-state index in [4.69, 9.17) is 4.74 Å². The molecule has 2 aromatic heterocycles. The summed E-state index contributed by atoms with van der Waals surface area (Å²) in [5.41, 5.74) is 2.18. The first-order valence-corrected chi connectivity index (χ1v) is 10.8. The van der Waals surface area contributed by atoms with Crippen LogP contribution in [0.3, 0.4) is 0 Å². The summed E-state index contributed by atoms with van der Waals surface area (Å²) in [6.45, 7) is 3.61. The van der Waals surface area contributed by atoms with Crippen LogP contribution in [-0.2, 0) is 11.2 Å². The highest BCUT2D eigenvalue weighted by Gasteiger charge is 2.54. The van der Waals surface area contributed by atoms with Crippen molar-refractivity contribution >= 4 is 35.1 Å². The maximum absolute atomic E-state index is 13.4. The lowest BCUT2D eigenvalue weighted by molar-refractivity contribution is -0.00151. The number of rotatable bonds is 3. The molecule has 2 amide bonds. The highest BCUT2D eigenvalue weighted by molar-refractivity contribution is 8.00. The zero-order chi connectivity index (χ0) is 18.5. The Balaban J connectivity index is 1.83. The van der Waals surface area contributed by atoms with Gasteiger partial charge in [0.1, 0.15) is 0 Å². The van der Waals surface area contributed by atoms with Crippen LogP contribution in [0, 0.1) is 0 Å². The van der Waals surface area contributed by atoms with Gasteiger partial charge in [0, 0.05) is 6.20 Å². The van der Waals surface area contributed by atoms with Gasteiger partial charge in [-0.2, -0.15) is 5.10 Å². The Morgan fingerprint density at radius 1 is 1.46 bits per heavy atom. The van der Waals surface area contributed by atoms with E-state index in [0.717, 1.165) is 39.6 Å². The summed E-state index contributed by atoms with van der Waals surface area (Å²) >= 11 is 3.14. The number of aromatic nitrogens is 2. The number of carbonyl (C=O) groups excluding carboxylic acids is 2. The van der Waals surface area contributed by atoms with E-state index in [9.17, 15) is 9.59 Å². The molecule has 0 radical (unpaired) electrons. The van der Waals surface area contributed by atoms with Crippen molar-refractivity contribution in [1.82, 2.24) is 15.1 Å². The molecule has 0 unspecified atom stereocenters. The Bertz CT molecular complexity index is 853. The molecule has 1 aliphatic heterocycles. The average Bonchev–Trinajstić information content (AvgIpc) is 3.19. The summed E-state index contributed by atoms with van der Waals surface area (Å²) < 4.78 is 6.34. The Hall–Kier alpha value is -1.80. The van der Waals surface area contributed by atoms with Crippen molar-refractivity contribution in [3.63, 3.8) is 0 Å². The van der Waals surface area contributed by atoms with Gasteiger partial charge in [-0.05, 0) is 57.4 Å². The minimum atomic E-state index is -0.517. The first kappa shape index (κ1) is 17.6. The van der Waals surface area contributed by atoms with Crippen molar-refractivity contribution in [3.8, 4) is 10.6 Å². The minimum absolute atomic E-state index is 0.219. The van der Waals surface area contributed by atoms with Crippen LogP contribution in [0.15, 0.2) is 16.5 Å². The monoisotopic (exact) mass is 391 g/mol. The lowest BCUT2D eigenvalue weighted by atomic mass is 9.69. The molecule has 0 bridgehead atoms. The van der Waals surface area contributed by atoms with Crippen molar-refractivity contribution in [2.45, 2.75) is 55.4 Å². The Labute approximate surface area is 160 Å². The van der Waals surface area contributed by atoms with E-state index >= 15 is 0 Å². The number of thioether (sulfide) groups is 1. The predicted molar refractivity (Wildman–Crippen MR) is 102 cm³/mol. The molecule has 3 heterocycles. The SMILES string of the molecule is CSc1sc(-c2ccn[nH]2)c2c1C(=O)N(C(=O)OC(C)C)C1(CCC1)C2. The molecular formula is C18H21N3O3S2. The third kappa shape index (κ3) is 2.58. The molecule has 1 aliphatic carbocycles. The maximum Gasteiger partial charge on any atom is 0.417 e. The third-order valence-corrected chi connectivity index (χ3v) is 7.49. The van der Waals surface area contributed by atoms with Gasteiger partial charge in [-0.15, -0.1) is 23.1 Å². The molecule has 1 saturated carbocycles. The molecule has 1 fully saturated rings. The van der Waals surface area contributed by atoms with Crippen LogP contribution in [0.2, 0.25) is 0 Å². The second kappa shape index (κ2) is 6.42. The first-order chi connectivity index (χ1) is 12.5. The van der Waals surface area contributed by atoms with Crippen molar-refractivity contribution < 1.29 is 14.3 Å². The van der Waals surface area contributed by atoms with Gasteiger partial charge in [0.2, 0.25) is 0 Å². The summed E-state index contributed by atoms with van der Waals surface area (Å²) in [6.07, 6.45) is 6.28. The normalized spacial score (nSPS) is 18.2. The molecule has 26 heavy (non-hydrogen) atoms.